The quantitative estimate of drug-likeness (QED) is 0.257. The zero-order valence-electron chi connectivity index (χ0n) is 20.6. The summed E-state index contributed by atoms with van der Waals surface area (Å²) in [7, 11) is 0. The molecule has 36 heavy (non-hydrogen) atoms. The van der Waals surface area contributed by atoms with Gasteiger partial charge in [-0.05, 0) is 55.2 Å². The summed E-state index contributed by atoms with van der Waals surface area (Å²) < 4.78 is 7.12. The summed E-state index contributed by atoms with van der Waals surface area (Å²) in [5, 5.41) is 7.15. The number of carbonyl (C=O) groups excluding carboxylic acids is 1. The molecule has 188 valence electrons. The van der Waals surface area contributed by atoms with E-state index in [0.29, 0.717) is 38.4 Å². The Balaban J connectivity index is 1.36. The number of anilines is 1. The summed E-state index contributed by atoms with van der Waals surface area (Å²) in [6, 6.07) is 13.8. The van der Waals surface area contributed by atoms with Gasteiger partial charge in [-0.15, -0.1) is 0 Å². The maximum absolute atomic E-state index is 13.0. The second kappa shape index (κ2) is 11.5. The Kier molecular flexibility index (Phi) is 8.02. The van der Waals surface area contributed by atoms with Crippen LogP contribution in [0.1, 0.15) is 22.4 Å². The lowest BCUT2D eigenvalue weighted by molar-refractivity contribution is -0.121. The Morgan fingerprint density at radius 3 is 2.86 bits per heavy atom. The topological polar surface area (TPSA) is 127 Å². The maximum atomic E-state index is 13.0. The number of fused-ring (bicyclic) bond motifs is 1. The molecule has 0 aliphatic rings. The van der Waals surface area contributed by atoms with Crippen molar-refractivity contribution in [3.63, 3.8) is 0 Å². The van der Waals surface area contributed by atoms with Crippen molar-refractivity contribution in [3.8, 4) is 5.75 Å². The van der Waals surface area contributed by atoms with E-state index in [1.807, 2.05) is 49.5 Å². The fourth-order valence-corrected chi connectivity index (χ4v) is 4.04. The Labute approximate surface area is 209 Å². The molecule has 0 unspecified atom stereocenters. The number of H-pyrrole nitrogens is 1. The molecule has 9 nitrogen and oxygen atoms in total. The highest BCUT2D eigenvalue weighted by molar-refractivity contribution is 5.83. The van der Waals surface area contributed by atoms with Crippen LogP contribution in [0.25, 0.3) is 10.9 Å². The Hall–Kier alpha value is -4.11. The first-order valence-corrected chi connectivity index (χ1v) is 12.0. The van der Waals surface area contributed by atoms with Gasteiger partial charge in [-0.1, -0.05) is 24.3 Å². The fourth-order valence-electron chi connectivity index (χ4n) is 4.04. The number of hydrogen-bond donors (Lipinski definition) is 4. The first kappa shape index (κ1) is 25.0. The van der Waals surface area contributed by atoms with Gasteiger partial charge in [-0.3, -0.25) is 14.2 Å². The van der Waals surface area contributed by atoms with E-state index >= 15 is 0 Å². The van der Waals surface area contributed by atoms with Crippen molar-refractivity contribution in [2.24, 2.45) is 5.73 Å². The molecule has 0 aliphatic heterocycles. The molecule has 0 bridgehead atoms. The minimum Gasteiger partial charge on any atom is -0.492 e. The van der Waals surface area contributed by atoms with Crippen molar-refractivity contribution in [3.05, 3.63) is 87.6 Å². The van der Waals surface area contributed by atoms with E-state index in [1.54, 1.807) is 13.1 Å². The summed E-state index contributed by atoms with van der Waals surface area (Å²) in [4.78, 5) is 33.1. The number of aromatic nitrogens is 3. The van der Waals surface area contributed by atoms with Gasteiger partial charge >= 0.3 is 0 Å². The molecule has 0 radical (unpaired) electrons. The SMILES string of the molecule is Cc1c[nH]c2ccc(CNC(=O)Cn3c(C)cnc(NCCc4ccccc4OCCN)c3=O)cc12. The average molecular weight is 489 g/mol. The monoisotopic (exact) mass is 488 g/mol. The summed E-state index contributed by atoms with van der Waals surface area (Å²) in [6.07, 6.45) is 4.20. The summed E-state index contributed by atoms with van der Waals surface area (Å²) in [5.74, 6) is 0.748. The second-order valence-electron chi connectivity index (χ2n) is 8.69. The largest absolute Gasteiger partial charge is 0.492 e. The third-order valence-electron chi connectivity index (χ3n) is 6.03. The van der Waals surface area contributed by atoms with Crippen LogP contribution in [0.5, 0.6) is 5.75 Å². The molecule has 5 N–H and O–H groups in total. The van der Waals surface area contributed by atoms with E-state index < -0.39 is 0 Å². The van der Waals surface area contributed by atoms with Gasteiger partial charge in [0.2, 0.25) is 5.91 Å². The number of para-hydroxylation sites is 1. The van der Waals surface area contributed by atoms with Crippen LogP contribution in [0, 0.1) is 13.8 Å². The van der Waals surface area contributed by atoms with Crippen LogP contribution in [0.4, 0.5) is 5.82 Å². The predicted octanol–water partition coefficient (Wildman–Crippen LogP) is 2.65. The van der Waals surface area contributed by atoms with E-state index in [4.69, 9.17) is 10.5 Å². The molecule has 4 rings (SSSR count). The number of amides is 1. The molecular weight excluding hydrogens is 456 g/mol. The van der Waals surface area contributed by atoms with E-state index in [2.05, 4.69) is 26.7 Å². The maximum Gasteiger partial charge on any atom is 0.293 e. The van der Waals surface area contributed by atoms with Crippen LogP contribution in [-0.2, 0) is 24.3 Å². The van der Waals surface area contributed by atoms with Crippen LogP contribution in [0.15, 0.2) is 59.7 Å². The highest BCUT2D eigenvalue weighted by Gasteiger charge is 2.12. The molecule has 0 saturated heterocycles. The molecule has 2 aromatic carbocycles. The predicted molar refractivity (Wildman–Crippen MR) is 141 cm³/mol. The van der Waals surface area contributed by atoms with Crippen LogP contribution in [-0.4, -0.2) is 40.1 Å². The molecule has 0 saturated carbocycles. The number of hydrogen-bond acceptors (Lipinski definition) is 6. The van der Waals surface area contributed by atoms with Crippen molar-refractivity contribution < 1.29 is 9.53 Å². The van der Waals surface area contributed by atoms with E-state index in [1.165, 1.54) is 4.57 Å². The third-order valence-corrected chi connectivity index (χ3v) is 6.03. The highest BCUT2D eigenvalue weighted by Crippen LogP contribution is 2.19. The average Bonchev–Trinajstić information content (AvgIpc) is 3.26. The molecule has 0 fully saturated rings. The van der Waals surface area contributed by atoms with Gasteiger partial charge in [-0.25, -0.2) is 4.98 Å². The van der Waals surface area contributed by atoms with Crippen molar-refractivity contribution in [2.45, 2.75) is 33.4 Å². The van der Waals surface area contributed by atoms with E-state index in [0.717, 1.165) is 33.3 Å². The Bertz CT molecular complexity index is 1410. The zero-order chi connectivity index (χ0) is 25.5. The number of rotatable bonds is 11. The first-order valence-electron chi connectivity index (χ1n) is 12.0. The third kappa shape index (κ3) is 5.92. The van der Waals surface area contributed by atoms with Crippen LogP contribution in [0.3, 0.4) is 0 Å². The van der Waals surface area contributed by atoms with Crippen molar-refractivity contribution >= 4 is 22.6 Å². The number of aryl methyl sites for hydroxylation is 2. The molecule has 4 aromatic rings. The minimum atomic E-state index is -0.331. The first-order chi connectivity index (χ1) is 17.5. The van der Waals surface area contributed by atoms with Crippen molar-refractivity contribution in [1.82, 2.24) is 19.9 Å². The lowest BCUT2D eigenvalue weighted by Gasteiger charge is -2.14. The van der Waals surface area contributed by atoms with E-state index in [9.17, 15) is 9.59 Å². The van der Waals surface area contributed by atoms with Crippen molar-refractivity contribution in [2.75, 3.05) is 25.0 Å². The second-order valence-corrected chi connectivity index (χ2v) is 8.69. The molecule has 0 atom stereocenters. The number of benzene rings is 2. The Morgan fingerprint density at radius 1 is 1.19 bits per heavy atom. The van der Waals surface area contributed by atoms with Gasteiger partial charge in [-0.2, -0.15) is 0 Å². The van der Waals surface area contributed by atoms with Gasteiger partial charge in [0.15, 0.2) is 5.82 Å². The smallest absolute Gasteiger partial charge is 0.293 e. The minimum absolute atomic E-state index is 0.0803. The van der Waals surface area contributed by atoms with Crippen LogP contribution in [0.2, 0.25) is 0 Å². The standard InChI is InChI=1S/C27H32N6O3/c1-18-14-30-23-8-7-20(13-22(18)23)16-31-25(34)17-33-19(2)15-32-26(27(33)35)29-11-9-21-5-3-4-6-24(21)36-12-10-28/h3-8,13-15,30H,9-12,16-17,28H2,1-2H3,(H,29,32)(H,31,34). The number of ether oxygens (including phenoxy) is 1. The summed E-state index contributed by atoms with van der Waals surface area (Å²) in [5.41, 5.74) is 10.0. The van der Waals surface area contributed by atoms with Gasteiger partial charge < -0.3 is 26.1 Å². The molecule has 1 amide bonds. The van der Waals surface area contributed by atoms with Gasteiger partial charge in [0.1, 0.15) is 18.9 Å². The lowest BCUT2D eigenvalue weighted by atomic mass is 10.1. The molecule has 2 heterocycles. The number of nitrogens with zero attached hydrogens (tertiary/aromatic N) is 2. The van der Waals surface area contributed by atoms with Crippen LogP contribution < -0.4 is 26.7 Å². The summed E-state index contributed by atoms with van der Waals surface area (Å²) in [6.45, 7) is 5.48. The van der Waals surface area contributed by atoms with Gasteiger partial charge in [0.05, 0.1) is 0 Å². The number of nitrogens with two attached hydrogens (primary N) is 1. The zero-order valence-corrected chi connectivity index (χ0v) is 20.6. The Morgan fingerprint density at radius 2 is 2.03 bits per heavy atom. The lowest BCUT2D eigenvalue weighted by Crippen LogP contribution is -2.34. The normalized spacial score (nSPS) is 11.0. The number of carbonyl (C=O) groups is 1. The molecule has 9 heteroatoms. The molecule has 2 aromatic heterocycles. The molecule has 0 spiro atoms. The molecule has 0 aliphatic carbocycles. The van der Waals surface area contributed by atoms with Gasteiger partial charge in [0.25, 0.3) is 5.56 Å². The van der Waals surface area contributed by atoms with E-state index in [-0.39, 0.29) is 23.8 Å². The van der Waals surface area contributed by atoms with Gasteiger partial charge in [0, 0.05) is 48.6 Å². The summed E-state index contributed by atoms with van der Waals surface area (Å²) >= 11 is 0. The number of aromatic amines is 1. The fraction of sp³-hybridized carbons (Fsp3) is 0.296. The highest BCUT2D eigenvalue weighted by atomic mass is 16.5. The van der Waals surface area contributed by atoms with Crippen molar-refractivity contribution in [1.29, 1.82) is 0 Å². The van der Waals surface area contributed by atoms with Crippen LogP contribution >= 0.6 is 0 Å². The molecular formula is C27H32N6O3. The number of nitrogens with one attached hydrogen (secondary N) is 3.